The summed E-state index contributed by atoms with van der Waals surface area (Å²) < 4.78 is 4.92. The van der Waals surface area contributed by atoms with Crippen molar-refractivity contribution in [2.24, 2.45) is 10.2 Å². The Kier molecular flexibility index (Phi) is 6.16. The predicted octanol–water partition coefficient (Wildman–Crippen LogP) is 2.32. The third kappa shape index (κ3) is 4.62. The molecule has 0 spiro atoms. The van der Waals surface area contributed by atoms with Gasteiger partial charge in [-0.2, -0.15) is 5.11 Å². The van der Waals surface area contributed by atoms with Gasteiger partial charge in [-0.1, -0.05) is 0 Å². The summed E-state index contributed by atoms with van der Waals surface area (Å²) in [5.74, 6) is 0. The number of hydrogen-bond acceptors (Lipinski definition) is 9. The van der Waals surface area contributed by atoms with Crippen LogP contribution in [0, 0.1) is 20.2 Å². The SMILES string of the molecule is COB(O)c1cc(N(C)C)ccc1N=Nc1ccc([N+](=O)[O-])cc1[N+](=O)[O-]. The lowest BCUT2D eigenvalue weighted by Crippen LogP contribution is -2.33. The summed E-state index contributed by atoms with van der Waals surface area (Å²) in [7, 11) is 3.68. The Bertz CT molecular complexity index is 904. The molecule has 0 unspecified atom stereocenters. The Hall–Kier alpha value is -3.38. The molecular weight excluding hydrogens is 357 g/mol. The molecule has 0 atom stereocenters. The second kappa shape index (κ2) is 8.34. The van der Waals surface area contributed by atoms with E-state index in [2.05, 4.69) is 10.2 Å². The zero-order valence-electron chi connectivity index (χ0n) is 14.8. The first-order valence-corrected chi connectivity index (χ1v) is 7.61. The highest BCUT2D eigenvalue weighted by Crippen LogP contribution is 2.32. The van der Waals surface area contributed by atoms with Crippen molar-refractivity contribution in [3.8, 4) is 0 Å². The molecule has 0 aliphatic carbocycles. The number of rotatable bonds is 7. The minimum absolute atomic E-state index is 0.153. The van der Waals surface area contributed by atoms with E-state index in [9.17, 15) is 25.3 Å². The van der Waals surface area contributed by atoms with Gasteiger partial charge in [0.05, 0.1) is 21.6 Å². The number of non-ortho nitro benzene ring substituents is 1. The number of azo groups is 1. The molecular formula is C15H16BN5O6. The van der Waals surface area contributed by atoms with Gasteiger partial charge in [0.25, 0.3) is 5.69 Å². The van der Waals surface area contributed by atoms with E-state index in [-0.39, 0.29) is 11.4 Å². The molecule has 2 rings (SSSR count). The number of nitrogens with zero attached hydrogens (tertiary/aromatic N) is 5. The molecule has 0 bridgehead atoms. The largest absolute Gasteiger partial charge is 0.493 e. The minimum Gasteiger partial charge on any atom is -0.423 e. The van der Waals surface area contributed by atoms with E-state index in [4.69, 9.17) is 4.65 Å². The maximum Gasteiger partial charge on any atom is 0.493 e. The van der Waals surface area contributed by atoms with E-state index in [1.54, 1.807) is 18.2 Å². The van der Waals surface area contributed by atoms with Crippen LogP contribution < -0.4 is 10.4 Å². The summed E-state index contributed by atoms with van der Waals surface area (Å²) in [5, 5.41) is 39.8. The van der Waals surface area contributed by atoms with Crippen LogP contribution in [0.3, 0.4) is 0 Å². The first-order valence-electron chi connectivity index (χ1n) is 7.61. The summed E-state index contributed by atoms with van der Waals surface area (Å²) in [5.41, 5.74) is 0.208. The Morgan fingerprint density at radius 3 is 2.22 bits per heavy atom. The van der Waals surface area contributed by atoms with Gasteiger partial charge in [0, 0.05) is 38.4 Å². The molecule has 0 radical (unpaired) electrons. The van der Waals surface area contributed by atoms with Crippen molar-refractivity contribution in [1.29, 1.82) is 0 Å². The van der Waals surface area contributed by atoms with Gasteiger partial charge in [0.2, 0.25) is 0 Å². The minimum atomic E-state index is -1.27. The van der Waals surface area contributed by atoms with E-state index < -0.39 is 28.3 Å². The number of nitro groups is 2. The first kappa shape index (κ1) is 19.9. The van der Waals surface area contributed by atoms with Gasteiger partial charge in [-0.25, -0.2) is 0 Å². The second-order valence-corrected chi connectivity index (χ2v) is 5.61. The van der Waals surface area contributed by atoms with Gasteiger partial charge in [-0.05, 0) is 24.3 Å². The molecule has 0 aliphatic heterocycles. The van der Waals surface area contributed by atoms with E-state index in [0.717, 1.165) is 23.9 Å². The molecule has 2 aromatic carbocycles. The first-order chi connectivity index (χ1) is 12.7. The van der Waals surface area contributed by atoms with E-state index >= 15 is 0 Å². The topological polar surface area (TPSA) is 144 Å². The molecule has 140 valence electrons. The van der Waals surface area contributed by atoms with Gasteiger partial charge >= 0.3 is 12.8 Å². The van der Waals surface area contributed by atoms with E-state index in [0.29, 0.717) is 5.46 Å². The Morgan fingerprint density at radius 1 is 1.04 bits per heavy atom. The van der Waals surface area contributed by atoms with Crippen LogP contribution >= 0.6 is 0 Å². The van der Waals surface area contributed by atoms with Crippen LogP contribution in [0.15, 0.2) is 46.6 Å². The normalized spacial score (nSPS) is 10.8. The summed E-state index contributed by atoms with van der Waals surface area (Å²) in [6.07, 6.45) is 0. The maximum absolute atomic E-state index is 11.2. The van der Waals surface area contributed by atoms with E-state index in [1.165, 1.54) is 7.11 Å². The number of benzene rings is 2. The number of hydrogen-bond donors (Lipinski definition) is 1. The van der Waals surface area contributed by atoms with Gasteiger partial charge < -0.3 is 14.6 Å². The fourth-order valence-electron chi connectivity index (χ4n) is 2.20. The zero-order valence-corrected chi connectivity index (χ0v) is 14.8. The molecule has 27 heavy (non-hydrogen) atoms. The number of anilines is 1. The summed E-state index contributed by atoms with van der Waals surface area (Å²) >= 11 is 0. The molecule has 11 nitrogen and oxygen atoms in total. The lowest BCUT2D eigenvalue weighted by Gasteiger charge is -2.15. The molecule has 0 saturated carbocycles. The molecule has 2 aromatic rings. The second-order valence-electron chi connectivity index (χ2n) is 5.61. The van der Waals surface area contributed by atoms with Crippen molar-refractivity contribution < 1.29 is 19.5 Å². The average molecular weight is 373 g/mol. The predicted molar refractivity (Wildman–Crippen MR) is 99.3 cm³/mol. The summed E-state index contributed by atoms with van der Waals surface area (Å²) in [6.45, 7) is 0. The van der Waals surface area contributed by atoms with Gasteiger partial charge in [-0.15, -0.1) is 5.11 Å². The van der Waals surface area contributed by atoms with Gasteiger partial charge in [0.1, 0.15) is 0 Å². The van der Waals surface area contributed by atoms with Gasteiger partial charge in [-0.3, -0.25) is 20.2 Å². The smallest absolute Gasteiger partial charge is 0.423 e. The van der Waals surface area contributed by atoms with Crippen LogP contribution in [-0.4, -0.2) is 43.2 Å². The maximum atomic E-state index is 11.2. The van der Waals surface area contributed by atoms with Crippen LogP contribution in [-0.2, 0) is 4.65 Å². The molecule has 0 aromatic heterocycles. The fourth-order valence-corrected chi connectivity index (χ4v) is 2.20. The lowest BCUT2D eigenvalue weighted by molar-refractivity contribution is -0.393. The van der Waals surface area contributed by atoms with Crippen molar-refractivity contribution >= 4 is 41.0 Å². The van der Waals surface area contributed by atoms with Gasteiger partial charge in [0.15, 0.2) is 5.69 Å². The van der Waals surface area contributed by atoms with E-state index in [1.807, 2.05) is 19.0 Å². The Labute approximate surface area is 154 Å². The molecule has 0 heterocycles. The van der Waals surface area contributed by atoms with Crippen LogP contribution in [0.25, 0.3) is 0 Å². The van der Waals surface area contributed by atoms with Crippen LogP contribution in [0.2, 0.25) is 0 Å². The summed E-state index contributed by atoms with van der Waals surface area (Å²) in [4.78, 5) is 22.3. The van der Waals surface area contributed by atoms with Crippen molar-refractivity contribution in [3.63, 3.8) is 0 Å². The third-order valence-corrected chi connectivity index (χ3v) is 3.65. The summed E-state index contributed by atoms with van der Waals surface area (Å²) in [6, 6.07) is 8.00. The molecule has 0 saturated heterocycles. The highest BCUT2D eigenvalue weighted by atomic mass is 16.6. The zero-order chi connectivity index (χ0) is 20.1. The quantitative estimate of drug-likeness (QED) is 0.339. The lowest BCUT2D eigenvalue weighted by atomic mass is 9.78. The van der Waals surface area contributed by atoms with Crippen molar-refractivity contribution in [1.82, 2.24) is 0 Å². The molecule has 0 amide bonds. The van der Waals surface area contributed by atoms with Crippen molar-refractivity contribution in [3.05, 3.63) is 56.6 Å². The fraction of sp³-hybridized carbons (Fsp3) is 0.200. The number of nitro benzene ring substituents is 2. The third-order valence-electron chi connectivity index (χ3n) is 3.65. The highest BCUT2D eigenvalue weighted by molar-refractivity contribution is 6.61. The van der Waals surface area contributed by atoms with Crippen molar-refractivity contribution in [2.45, 2.75) is 0 Å². The Balaban J connectivity index is 2.48. The Morgan fingerprint density at radius 2 is 1.67 bits per heavy atom. The standard InChI is InChI=1S/C15H16BN5O6/c1-19(2)10-4-6-13(12(8-10)16(22)27-3)17-18-14-7-5-11(20(23)24)9-15(14)21(25)26/h4-9,22H,1-3H3. The van der Waals surface area contributed by atoms with Crippen LogP contribution in [0.1, 0.15) is 0 Å². The molecule has 12 heteroatoms. The molecule has 0 fully saturated rings. The van der Waals surface area contributed by atoms with Crippen molar-refractivity contribution in [2.75, 3.05) is 26.1 Å². The molecule has 0 aliphatic rings. The molecule has 1 N–H and O–H groups in total. The monoisotopic (exact) mass is 373 g/mol. The highest BCUT2D eigenvalue weighted by Gasteiger charge is 2.22. The van der Waals surface area contributed by atoms with Crippen LogP contribution in [0.5, 0.6) is 0 Å². The van der Waals surface area contributed by atoms with Crippen LogP contribution in [0.4, 0.5) is 28.4 Å². The average Bonchev–Trinajstić information content (AvgIpc) is 2.65.